The van der Waals surface area contributed by atoms with E-state index >= 15 is 0 Å². The van der Waals surface area contributed by atoms with Crippen molar-refractivity contribution in [2.45, 2.75) is 6.54 Å². The SMILES string of the molecule is Cn1ccn(Cc2ccc(Cl)c([N+](=O)[O-])c2)c(=O)c1=O. The molecule has 104 valence electrons. The highest BCUT2D eigenvalue weighted by atomic mass is 35.5. The zero-order valence-corrected chi connectivity index (χ0v) is 11.2. The lowest BCUT2D eigenvalue weighted by molar-refractivity contribution is -0.384. The number of hydrogen-bond acceptors (Lipinski definition) is 4. The minimum absolute atomic E-state index is 0.0232. The average Bonchev–Trinajstić information content (AvgIpc) is 2.41. The van der Waals surface area contributed by atoms with Crippen molar-refractivity contribution in [1.29, 1.82) is 0 Å². The zero-order chi connectivity index (χ0) is 14.9. The molecule has 0 aliphatic carbocycles. The number of halogens is 1. The molecule has 8 heteroatoms. The highest BCUT2D eigenvalue weighted by Crippen LogP contribution is 2.25. The second kappa shape index (κ2) is 5.30. The van der Waals surface area contributed by atoms with E-state index in [2.05, 4.69) is 0 Å². The van der Waals surface area contributed by atoms with E-state index in [0.717, 1.165) is 0 Å². The Morgan fingerprint density at radius 2 is 1.95 bits per heavy atom. The number of rotatable bonds is 3. The lowest BCUT2D eigenvalue weighted by atomic mass is 10.2. The normalized spacial score (nSPS) is 10.5. The topological polar surface area (TPSA) is 87.1 Å². The van der Waals surface area contributed by atoms with Crippen molar-refractivity contribution >= 4 is 17.3 Å². The van der Waals surface area contributed by atoms with Crippen LogP contribution in [0.1, 0.15) is 5.56 Å². The molecule has 0 aliphatic rings. The monoisotopic (exact) mass is 295 g/mol. The third-order valence-electron chi connectivity index (χ3n) is 2.79. The zero-order valence-electron chi connectivity index (χ0n) is 10.4. The summed E-state index contributed by atoms with van der Waals surface area (Å²) in [6.45, 7) is 0.0624. The Labute approximate surface area is 117 Å². The van der Waals surface area contributed by atoms with Crippen molar-refractivity contribution in [2.75, 3.05) is 0 Å². The molecular formula is C12H10ClN3O4. The summed E-state index contributed by atoms with van der Waals surface area (Å²) in [6.07, 6.45) is 2.90. The summed E-state index contributed by atoms with van der Waals surface area (Å²) in [5, 5.41) is 10.8. The second-order valence-electron chi connectivity index (χ2n) is 4.19. The van der Waals surface area contributed by atoms with E-state index < -0.39 is 16.0 Å². The van der Waals surface area contributed by atoms with Crippen molar-refractivity contribution in [1.82, 2.24) is 9.13 Å². The van der Waals surface area contributed by atoms with E-state index in [0.29, 0.717) is 5.56 Å². The number of nitrogens with zero attached hydrogens (tertiary/aromatic N) is 3. The maximum absolute atomic E-state index is 11.7. The van der Waals surface area contributed by atoms with Gasteiger partial charge in [-0.3, -0.25) is 19.7 Å². The molecule has 0 saturated heterocycles. The van der Waals surface area contributed by atoms with Crippen LogP contribution in [0, 0.1) is 10.1 Å². The maximum Gasteiger partial charge on any atom is 0.316 e. The lowest BCUT2D eigenvalue weighted by Gasteiger charge is -2.06. The summed E-state index contributed by atoms with van der Waals surface area (Å²) in [5.74, 6) is 0. The molecule has 20 heavy (non-hydrogen) atoms. The van der Waals surface area contributed by atoms with Crippen LogP contribution < -0.4 is 11.1 Å². The van der Waals surface area contributed by atoms with Crippen molar-refractivity contribution in [3.8, 4) is 0 Å². The quantitative estimate of drug-likeness (QED) is 0.483. The lowest BCUT2D eigenvalue weighted by Crippen LogP contribution is -2.39. The predicted octanol–water partition coefficient (Wildman–Crippen LogP) is 1.16. The molecule has 1 heterocycles. The molecule has 0 spiro atoms. The first-order valence-electron chi connectivity index (χ1n) is 5.59. The third-order valence-corrected chi connectivity index (χ3v) is 3.11. The molecule has 1 aromatic carbocycles. The smallest absolute Gasteiger partial charge is 0.312 e. The van der Waals surface area contributed by atoms with Gasteiger partial charge < -0.3 is 9.13 Å². The molecule has 0 atom stereocenters. The molecule has 1 aromatic heterocycles. The molecule has 0 fully saturated rings. The Hall–Kier alpha value is -2.41. The van der Waals surface area contributed by atoms with Crippen LogP contribution in [0.15, 0.2) is 40.2 Å². The molecule has 0 saturated carbocycles. The van der Waals surface area contributed by atoms with Crippen molar-refractivity contribution in [2.24, 2.45) is 7.05 Å². The third kappa shape index (κ3) is 2.62. The Morgan fingerprint density at radius 1 is 1.25 bits per heavy atom. The Bertz CT molecular complexity index is 794. The fourth-order valence-corrected chi connectivity index (χ4v) is 1.89. The first-order chi connectivity index (χ1) is 9.40. The predicted molar refractivity (Wildman–Crippen MR) is 73.2 cm³/mol. The molecule has 0 bridgehead atoms. The Balaban J connectivity index is 2.43. The highest BCUT2D eigenvalue weighted by molar-refractivity contribution is 6.32. The van der Waals surface area contributed by atoms with E-state index in [1.807, 2.05) is 0 Å². The highest BCUT2D eigenvalue weighted by Gasteiger charge is 2.13. The van der Waals surface area contributed by atoms with Gasteiger partial charge in [0.1, 0.15) is 5.02 Å². The number of benzene rings is 1. The van der Waals surface area contributed by atoms with Crippen LogP contribution in [0.25, 0.3) is 0 Å². The van der Waals surface area contributed by atoms with E-state index in [1.54, 1.807) is 6.07 Å². The molecule has 0 aliphatic heterocycles. The van der Waals surface area contributed by atoms with Gasteiger partial charge in [-0.1, -0.05) is 17.7 Å². The number of aryl methyl sites for hydroxylation is 1. The maximum atomic E-state index is 11.7. The van der Waals surface area contributed by atoms with Crippen LogP contribution >= 0.6 is 11.6 Å². The summed E-state index contributed by atoms with van der Waals surface area (Å²) in [7, 11) is 1.47. The van der Waals surface area contributed by atoms with E-state index in [1.165, 1.54) is 40.7 Å². The van der Waals surface area contributed by atoms with Crippen molar-refractivity contribution in [3.63, 3.8) is 0 Å². The van der Waals surface area contributed by atoms with Gasteiger partial charge in [0, 0.05) is 25.5 Å². The van der Waals surface area contributed by atoms with Gasteiger partial charge in [0.2, 0.25) is 0 Å². The van der Waals surface area contributed by atoms with Gasteiger partial charge in [-0.2, -0.15) is 0 Å². The van der Waals surface area contributed by atoms with Crippen molar-refractivity contribution < 1.29 is 4.92 Å². The Morgan fingerprint density at radius 3 is 2.60 bits per heavy atom. The molecule has 0 N–H and O–H groups in total. The van der Waals surface area contributed by atoms with Crippen LogP contribution in [0.2, 0.25) is 5.02 Å². The van der Waals surface area contributed by atoms with Gasteiger partial charge >= 0.3 is 11.1 Å². The average molecular weight is 296 g/mol. The first-order valence-corrected chi connectivity index (χ1v) is 5.97. The van der Waals surface area contributed by atoms with Crippen LogP contribution in [0.5, 0.6) is 0 Å². The van der Waals surface area contributed by atoms with E-state index in [9.17, 15) is 19.7 Å². The van der Waals surface area contributed by atoms with Crippen LogP contribution in [0.4, 0.5) is 5.69 Å². The molecule has 2 aromatic rings. The second-order valence-corrected chi connectivity index (χ2v) is 4.60. The summed E-state index contributed by atoms with van der Waals surface area (Å²) in [4.78, 5) is 33.5. The Kier molecular flexibility index (Phi) is 3.71. The van der Waals surface area contributed by atoms with Crippen LogP contribution in [0.3, 0.4) is 0 Å². The minimum Gasteiger partial charge on any atom is -0.312 e. The summed E-state index contributed by atoms with van der Waals surface area (Å²) in [5.41, 5.74) is -1.07. The number of aromatic nitrogens is 2. The molecule has 0 radical (unpaired) electrons. The molecule has 2 rings (SSSR count). The van der Waals surface area contributed by atoms with E-state index in [4.69, 9.17) is 11.6 Å². The summed E-state index contributed by atoms with van der Waals surface area (Å²) >= 11 is 5.71. The molecular weight excluding hydrogens is 286 g/mol. The minimum atomic E-state index is -0.687. The van der Waals surface area contributed by atoms with Crippen LogP contribution in [-0.2, 0) is 13.6 Å². The van der Waals surface area contributed by atoms with Gasteiger partial charge in [0.25, 0.3) is 5.69 Å². The van der Waals surface area contributed by atoms with Crippen molar-refractivity contribution in [3.05, 3.63) is 72.0 Å². The van der Waals surface area contributed by atoms with Gasteiger partial charge in [0.05, 0.1) is 11.5 Å². The van der Waals surface area contributed by atoms with Gasteiger partial charge in [-0.05, 0) is 11.6 Å². The standard InChI is InChI=1S/C12H10ClN3O4/c1-14-4-5-15(12(18)11(14)17)7-8-2-3-9(13)10(6-8)16(19)20/h2-6H,7H2,1H3. The van der Waals surface area contributed by atoms with Crippen LogP contribution in [-0.4, -0.2) is 14.1 Å². The molecule has 0 unspecified atom stereocenters. The molecule has 0 amide bonds. The number of nitro groups is 1. The fraction of sp³-hybridized carbons (Fsp3) is 0.167. The number of hydrogen-bond donors (Lipinski definition) is 0. The van der Waals surface area contributed by atoms with Gasteiger partial charge in [-0.15, -0.1) is 0 Å². The summed E-state index contributed by atoms with van der Waals surface area (Å²) < 4.78 is 2.36. The summed E-state index contributed by atoms with van der Waals surface area (Å²) in [6, 6.07) is 4.24. The molecule has 7 nitrogen and oxygen atoms in total. The first kappa shape index (κ1) is 14.0. The number of nitro benzene ring substituents is 1. The fourth-order valence-electron chi connectivity index (χ4n) is 1.71. The van der Waals surface area contributed by atoms with Gasteiger partial charge in [-0.25, -0.2) is 0 Å². The van der Waals surface area contributed by atoms with Gasteiger partial charge in [0.15, 0.2) is 0 Å². The van der Waals surface area contributed by atoms with E-state index in [-0.39, 0.29) is 17.3 Å². The largest absolute Gasteiger partial charge is 0.316 e.